The highest BCUT2D eigenvalue weighted by Gasteiger charge is 2.21. The highest BCUT2D eigenvalue weighted by atomic mass is 16.5. The summed E-state index contributed by atoms with van der Waals surface area (Å²) in [5, 5.41) is 7.48. The van der Waals surface area contributed by atoms with Crippen LogP contribution in [0.2, 0.25) is 0 Å². The lowest BCUT2D eigenvalue weighted by Crippen LogP contribution is -2.40. The number of aromatic nitrogens is 2. The van der Waals surface area contributed by atoms with E-state index < -0.39 is 0 Å². The van der Waals surface area contributed by atoms with Crippen molar-refractivity contribution in [2.75, 3.05) is 33.9 Å². The first-order chi connectivity index (χ1) is 9.69. The third kappa shape index (κ3) is 4.85. The van der Waals surface area contributed by atoms with E-state index in [9.17, 15) is 0 Å². The molecule has 0 radical (unpaired) electrons. The van der Waals surface area contributed by atoms with Gasteiger partial charge >= 0.3 is 0 Å². The molecule has 6 nitrogen and oxygen atoms in total. The maximum atomic E-state index is 5.65. The van der Waals surface area contributed by atoms with Gasteiger partial charge in [-0.1, -0.05) is 0 Å². The first-order valence-electron chi connectivity index (χ1n) is 7.16. The summed E-state index contributed by atoms with van der Waals surface area (Å²) in [5.41, 5.74) is 1.15. The van der Waals surface area contributed by atoms with Gasteiger partial charge in [0.25, 0.3) is 0 Å². The van der Waals surface area contributed by atoms with Crippen molar-refractivity contribution < 1.29 is 4.74 Å². The second kappa shape index (κ2) is 7.28. The van der Waals surface area contributed by atoms with Gasteiger partial charge in [0.2, 0.25) is 0 Å². The van der Waals surface area contributed by atoms with Crippen molar-refractivity contribution in [1.82, 2.24) is 20.0 Å². The van der Waals surface area contributed by atoms with E-state index in [0.29, 0.717) is 0 Å². The number of rotatable bonds is 7. The van der Waals surface area contributed by atoms with Crippen LogP contribution in [0.3, 0.4) is 0 Å². The van der Waals surface area contributed by atoms with E-state index in [1.165, 1.54) is 12.8 Å². The van der Waals surface area contributed by atoms with Crippen molar-refractivity contribution in [3.63, 3.8) is 0 Å². The molecule has 0 atom stereocenters. The number of hydrogen-bond acceptors (Lipinski definition) is 3. The Bertz CT molecular complexity index is 439. The monoisotopic (exact) mass is 279 g/mol. The summed E-state index contributed by atoms with van der Waals surface area (Å²) in [7, 11) is 5.74. The third-order valence-electron chi connectivity index (χ3n) is 3.40. The summed E-state index contributed by atoms with van der Waals surface area (Å²) in [6.45, 7) is 3.24. The van der Waals surface area contributed by atoms with Crippen LogP contribution in [0, 0.1) is 5.92 Å². The first-order valence-corrected chi connectivity index (χ1v) is 7.16. The molecule has 1 aromatic heterocycles. The molecule has 1 saturated carbocycles. The Labute approximate surface area is 120 Å². The topological polar surface area (TPSA) is 54.7 Å². The molecule has 112 valence electrons. The van der Waals surface area contributed by atoms with Crippen LogP contribution in [0.25, 0.3) is 0 Å². The zero-order valence-electron chi connectivity index (χ0n) is 12.7. The molecule has 0 spiro atoms. The van der Waals surface area contributed by atoms with Crippen LogP contribution in [0.5, 0.6) is 0 Å². The average molecular weight is 279 g/mol. The Morgan fingerprint density at radius 1 is 1.60 bits per heavy atom. The Kier molecular flexibility index (Phi) is 5.40. The van der Waals surface area contributed by atoms with Gasteiger partial charge in [0.1, 0.15) is 0 Å². The van der Waals surface area contributed by atoms with Crippen LogP contribution >= 0.6 is 0 Å². The quantitative estimate of drug-likeness (QED) is 0.457. The lowest BCUT2D eigenvalue weighted by Gasteiger charge is -2.21. The van der Waals surface area contributed by atoms with Crippen LogP contribution in [0.15, 0.2) is 17.4 Å². The summed E-state index contributed by atoms with van der Waals surface area (Å²) >= 11 is 0. The molecule has 20 heavy (non-hydrogen) atoms. The van der Waals surface area contributed by atoms with E-state index in [2.05, 4.69) is 20.3 Å². The van der Waals surface area contributed by atoms with E-state index in [0.717, 1.165) is 43.7 Å². The minimum absolute atomic E-state index is 0.730. The number of nitrogens with zero attached hydrogens (tertiary/aromatic N) is 4. The molecule has 1 aliphatic rings. The predicted octanol–water partition coefficient (Wildman–Crippen LogP) is 0.854. The van der Waals surface area contributed by atoms with Crippen molar-refractivity contribution in [3.8, 4) is 0 Å². The van der Waals surface area contributed by atoms with Gasteiger partial charge in [0, 0.05) is 52.6 Å². The second-order valence-electron chi connectivity index (χ2n) is 5.36. The number of likely N-dealkylation sites (N-methyl/N-ethyl adjacent to an activating group) is 1. The zero-order chi connectivity index (χ0) is 14.4. The first kappa shape index (κ1) is 14.8. The van der Waals surface area contributed by atoms with Crippen molar-refractivity contribution in [2.45, 2.75) is 19.4 Å². The SMILES string of the molecule is CN=C(NCc1cnn(C)c1)N(C)CCOCC1CC1. The van der Waals surface area contributed by atoms with Crippen LogP contribution in [0.4, 0.5) is 0 Å². The van der Waals surface area contributed by atoms with Gasteiger partial charge in [0.05, 0.1) is 12.8 Å². The average Bonchev–Trinajstić information content (AvgIpc) is 3.17. The molecule has 1 N–H and O–H groups in total. The zero-order valence-corrected chi connectivity index (χ0v) is 12.7. The van der Waals surface area contributed by atoms with Crippen LogP contribution < -0.4 is 5.32 Å². The fourth-order valence-electron chi connectivity index (χ4n) is 1.97. The van der Waals surface area contributed by atoms with Crippen molar-refractivity contribution in [3.05, 3.63) is 18.0 Å². The summed E-state index contributed by atoms with van der Waals surface area (Å²) in [6, 6.07) is 0. The molecule has 0 amide bonds. The summed E-state index contributed by atoms with van der Waals surface area (Å²) in [4.78, 5) is 6.37. The summed E-state index contributed by atoms with van der Waals surface area (Å²) < 4.78 is 7.45. The summed E-state index contributed by atoms with van der Waals surface area (Å²) in [5.74, 6) is 1.70. The number of guanidine groups is 1. The van der Waals surface area contributed by atoms with Crippen LogP contribution in [0.1, 0.15) is 18.4 Å². The fraction of sp³-hybridized carbons (Fsp3) is 0.714. The molecule has 0 bridgehead atoms. The smallest absolute Gasteiger partial charge is 0.193 e. The van der Waals surface area contributed by atoms with E-state index >= 15 is 0 Å². The molecule has 1 aliphatic carbocycles. The predicted molar refractivity (Wildman–Crippen MR) is 79.6 cm³/mol. The van der Waals surface area contributed by atoms with E-state index in [4.69, 9.17) is 4.74 Å². The Balaban J connectivity index is 1.66. The van der Waals surface area contributed by atoms with Gasteiger partial charge in [-0.2, -0.15) is 5.10 Å². The Morgan fingerprint density at radius 2 is 2.40 bits per heavy atom. The Morgan fingerprint density at radius 3 is 3.00 bits per heavy atom. The van der Waals surface area contributed by atoms with Gasteiger partial charge in [0.15, 0.2) is 5.96 Å². The molecular weight excluding hydrogens is 254 g/mol. The standard InChI is InChI=1S/C14H25N5O/c1-15-14(16-8-13-9-17-19(3)10-13)18(2)6-7-20-11-12-4-5-12/h9-10,12H,4-8,11H2,1-3H3,(H,15,16). The highest BCUT2D eigenvalue weighted by molar-refractivity contribution is 5.79. The van der Waals surface area contributed by atoms with Gasteiger partial charge in [-0.25, -0.2) is 0 Å². The van der Waals surface area contributed by atoms with Crippen LogP contribution in [-0.2, 0) is 18.3 Å². The number of ether oxygens (including phenoxy) is 1. The lowest BCUT2D eigenvalue weighted by molar-refractivity contribution is 0.115. The second-order valence-corrected chi connectivity index (χ2v) is 5.36. The molecule has 0 unspecified atom stereocenters. The molecule has 2 rings (SSSR count). The third-order valence-corrected chi connectivity index (χ3v) is 3.40. The van der Waals surface area contributed by atoms with Crippen molar-refractivity contribution >= 4 is 5.96 Å². The number of nitrogens with one attached hydrogen (secondary N) is 1. The van der Waals surface area contributed by atoms with Crippen molar-refractivity contribution in [1.29, 1.82) is 0 Å². The van der Waals surface area contributed by atoms with Gasteiger partial charge in [-0.15, -0.1) is 0 Å². The molecule has 0 aliphatic heterocycles. The molecular formula is C14H25N5O. The maximum Gasteiger partial charge on any atom is 0.193 e. The Hall–Kier alpha value is -1.56. The molecule has 0 aromatic carbocycles. The maximum absolute atomic E-state index is 5.65. The van der Waals surface area contributed by atoms with Gasteiger partial charge in [-0.05, 0) is 18.8 Å². The van der Waals surface area contributed by atoms with Crippen LogP contribution in [-0.4, -0.2) is 54.5 Å². The molecule has 1 aromatic rings. The number of hydrogen-bond donors (Lipinski definition) is 1. The lowest BCUT2D eigenvalue weighted by atomic mass is 10.3. The molecule has 6 heteroatoms. The molecule has 0 saturated heterocycles. The number of aryl methyl sites for hydroxylation is 1. The van der Waals surface area contributed by atoms with Crippen molar-refractivity contribution in [2.24, 2.45) is 18.0 Å². The van der Waals surface area contributed by atoms with E-state index in [1.807, 2.05) is 26.5 Å². The van der Waals surface area contributed by atoms with E-state index in [1.54, 1.807) is 11.7 Å². The van der Waals surface area contributed by atoms with Gasteiger partial charge < -0.3 is 15.0 Å². The van der Waals surface area contributed by atoms with Gasteiger partial charge in [-0.3, -0.25) is 9.67 Å². The fourth-order valence-corrected chi connectivity index (χ4v) is 1.97. The number of aliphatic imine (C=N–C) groups is 1. The molecule has 1 heterocycles. The minimum atomic E-state index is 0.730. The molecule has 1 fully saturated rings. The summed E-state index contributed by atoms with van der Waals surface area (Å²) in [6.07, 6.45) is 6.53. The highest BCUT2D eigenvalue weighted by Crippen LogP contribution is 2.28. The normalized spacial score (nSPS) is 15.4. The largest absolute Gasteiger partial charge is 0.379 e. The van der Waals surface area contributed by atoms with E-state index in [-0.39, 0.29) is 0 Å². The minimum Gasteiger partial charge on any atom is -0.379 e.